The number of aliphatic hydroxyl groups excluding tert-OH is 1. The standard InChI is InChI=1S/C23H35N3O2/c1-18-4-6-21(7-5-18)23(8-9-23)22(28)26-15-19(20(16-26)17-27)14-25-11-3-10-24(2)12-13-25/h4-7,19-20,27H,3,8-17H2,1-2H3/t19-,20-/m1/s1. The molecule has 5 nitrogen and oxygen atoms in total. The number of carbonyl (C=O) groups is 1. The minimum absolute atomic E-state index is 0.180. The van der Waals surface area contributed by atoms with Crippen molar-refractivity contribution >= 4 is 5.91 Å². The molecule has 1 N–H and O–H groups in total. The molecule has 0 spiro atoms. The van der Waals surface area contributed by atoms with Crippen molar-refractivity contribution in [2.24, 2.45) is 11.8 Å². The molecule has 2 aliphatic heterocycles. The van der Waals surface area contributed by atoms with Crippen molar-refractivity contribution in [3.63, 3.8) is 0 Å². The first-order valence-corrected chi connectivity index (χ1v) is 10.9. The number of carbonyl (C=O) groups excluding carboxylic acids is 1. The topological polar surface area (TPSA) is 47.0 Å². The van der Waals surface area contributed by atoms with Crippen molar-refractivity contribution in [3.05, 3.63) is 35.4 Å². The molecular formula is C23H35N3O2. The molecule has 154 valence electrons. The fraction of sp³-hybridized carbons (Fsp3) is 0.696. The van der Waals surface area contributed by atoms with Crippen LogP contribution in [0.4, 0.5) is 0 Å². The summed E-state index contributed by atoms with van der Waals surface area (Å²) in [6, 6.07) is 8.49. The van der Waals surface area contributed by atoms with Gasteiger partial charge in [-0.15, -0.1) is 0 Å². The number of hydrogen-bond acceptors (Lipinski definition) is 4. The Labute approximate surface area is 169 Å². The summed E-state index contributed by atoms with van der Waals surface area (Å²) < 4.78 is 0. The highest BCUT2D eigenvalue weighted by molar-refractivity contribution is 5.91. The van der Waals surface area contributed by atoms with Gasteiger partial charge in [0.25, 0.3) is 0 Å². The molecule has 4 rings (SSSR count). The number of likely N-dealkylation sites (tertiary alicyclic amines) is 1. The highest BCUT2D eigenvalue weighted by Gasteiger charge is 2.54. The summed E-state index contributed by atoms with van der Waals surface area (Å²) in [7, 11) is 2.19. The van der Waals surface area contributed by atoms with E-state index in [9.17, 15) is 9.90 Å². The summed E-state index contributed by atoms with van der Waals surface area (Å²) in [6.45, 7) is 9.25. The van der Waals surface area contributed by atoms with Gasteiger partial charge in [0.05, 0.1) is 5.41 Å². The smallest absolute Gasteiger partial charge is 0.233 e. The number of amides is 1. The van der Waals surface area contributed by atoms with Crippen molar-refractivity contribution in [1.82, 2.24) is 14.7 Å². The summed E-state index contributed by atoms with van der Waals surface area (Å²) in [5, 5.41) is 9.96. The van der Waals surface area contributed by atoms with Crippen LogP contribution in [0.2, 0.25) is 0 Å². The Morgan fingerprint density at radius 2 is 1.79 bits per heavy atom. The van der Waals surface area contributed by atoms with E-state index < -0.39 is 0 Å². The molecule has 1 aliphatic carbocycles. The summed E-state index contributed by atoms with van der Waals surface area (Å²) >= 11 is 0. The van der Waals surface area contributed by atoms with Gasteiger partial charge in [-0.1, -0.05) is 29.8 Å². The molecule has 1 aromatic carbocycles. The molecule has 2 atom stereocenters. The lowest BCUT2D eigenvalue weighted by Gasteiger charge is -2.26. The minimum Gasteiger partial charge on any atom is -0.396 e. The number of aryl methyl sites for hydroxylation is 1. The van der Waals surface area contributed by atoms with Crippen molar-refractivity contribution < 1.29 is 9.90 Å². The Morgan fingerprint density at radius 1 is 1.07 bits per heavy atom. The van der Waals surface area contributed by atoms with Gasteiger partial charge in [0.15, 0.2) is 0 Å². The van der Waals surface area contributed by atoms with Gasteiger partial charge >= 0.3 is 0 Å². The third-order valence-electron chi connectivity index (χ3n) is 7.17. The Morgan fingerprint density at radius 3 is 2.46 bits per heavy atom. The van der Waals surface area contributed by atoms with E-state index in [1.54, 1.807) is 0 Å². The average molecular weight is 386 g/mol. The van der Waals surface area contributed by atoms with E-state index >= 15 is 0 Å². The third-order valence-corrected chi connectivity index (χ3v) is 7.17. The van der Waals surface area contributed by atoms with Gasteiger partial charge in [0.1, 0.15) is 0 Å². The summed E-state index contributed by atoms with van der Waals surface area (Å²) in [5.41, 5.74) is 2.10. The van der Waals surface area contributed by atoms with Crippen LogP contribution in [0.25, 0.3) is 0 Å². The molecule has 1 aromatic rings. The molecular weight excluding hydrogens is 350 g/mol. The molecule has 3 fully saturated rings. The average Bonchev–Trinajstić information content (AvgIpc) is 3.44. The second kappa shape index (κ2) is 8.13. The molecule has 0 aromatic heterocycles. The van der Waals surface area contributed by atoms with Gasteiger partial charge < -0.3 is 19.8 Å². The van der Waals surface area contributed by atoms with E-state index in [2.05, 4.69) is 52.9 Å². The van der Waals surface area contributed by atoms with E-state index in [0.717, 1.165) is 52.1 Å². The Hall–Kier alpha value is -1.43. The molecule has 2 saturated heterocycles. The molecule has 28 heavy (non-hydrogen) atoms. The van der Waals surface area contributed by atoms with Crippen LogP contribution in [-0.4, -0.2) is 85.2 Å². The number of aliphatic hydroxyl groups is 1. The molecule has 5 heteroatoms. The van der Waals surface area contributed by atoms with Gasteiger partial charge in [0.2, 0.25) is 5.91 Å². The van der Waals surface area contributed by atoms with E-state index in [0.29, 0.717) is 12.5 Å². The lowest BCUT2D eigenvalue weighted by Crippen LogP contribution is -2.39. The van der Waals surface area contributed by atoms with E-state index in [-0.39, 0.29) is 23.8 Å². The zero-order valence-electron chi connectivity index (χ0n) is 17.4. The van der Waals surface area contributed by atoms with Crippen LogP contribution in [0.3, 0.4) is 0 Å². The van der Waals surface area contributed by atoms with Crippen LogP contribution in [0, 0.1) is 18.8 Å². The van der Waals surface area contributed by atoms with Crippen molar-refractivity contribution in [1.29, 1.82) is 0 Å². The molecule has 0 unspecified atom stereocenters. The zero-order chi connectivity index (χ0) is 19.7. The van der Waals surface area contributed by atoms with Gasteiger partial charge in [-0.3, -0.25) is 4.79 Å². The Kier molecular flexibility index (Phi) is 5.77. The highest BCUT2D eigenvalue weighted by Crippen LogP contribution is 2.50. The predicted octanol–water partition coefficient (Wildman–Crippen LogP) is 1.73. The first kappa shape index (κ1) is 19.9. The van der Waals surface area contributed by atoms with Gasteiger partial charge in [-0.2, -0.15) is 0 Å². The minimum atomic E-state index is -0.298. The Balaban J connectivity index is 1.42. The molecule has 1 saturated carbocycles. The second-order valence-corrected chi connectivity index (χ2v) is 9.32. The van der Waals surface area contributed by atoms with Crippen molar-refractivity contribution in [2.75, 3.05) is 59.5 Å². The predicted molar refractivity (Wildman–Crippen MR) is 111 cm³/mol. The number of likely N-dealkylation sites (N-methyl/N-ethyl adjacent to an activating group) is 1. The normalized spacial score (nSPS) is 28.3. The van der Waals surface area contributed by atoms with Crippen molar-refractivity contribution in [3.8, 4) is 0 Å². The van der Waals surface area contributed by atoms with Crippen LogP contribution in [0.15, 0.2) is 24.3 Å². The first-order chi connectivity index (χ1) is 13.5. The lowest BCUT2D eigenvalue weighted by atomic mass is 9.93. The second-order valence-electron chi connectivity index (χ2n) is 9.32. The SMILES string of the molecule is Cc1ccc(C2(C(=O)N3C[C@@H](CN4CCCN(C)CC4)[C@@H](CO)C3)CC2)cc1. The van der Waals surface area contributed by atoms with E-state index in [4.69, 9.17) is 0 Å². The van der Waals surface area contributed by atoms with Crippen LogP contribution in [0.5, 0.6) is 0 Å². The maximum atomic E-state index is 13.4. The maximum absolute atomic E-state index is 13.4. The summed E-state index contributed by atoms with van der Waals surface area (Å²) in [5.74, 6) is 0.873. The maximum Gasteiger partial charge on any atom is 0.233 e. The van der Waals surface area contributed by atoms with Gasteiger partial charge in [-0.05, 0) is 57.8 Å². The highest BCUT2D eigenvalue weighted by atomic mass is 16.3. The Bertz CT molecular complexity index is 686. The van der Waals surface area contributed by atoms with E-state index in [1.165, 1.54) is 17.5 Å². The molecule has 1 amide bonds. The van der Waals surface area contributed by atoms with Crippen LogP contribution in [-0.2, 0) is 10.2 Å². The van der Waals surface area contributed by atoms with Crippen molar-refractivity contribution in [2.45, 2.75) is 31.6 Å². The quantitative estimate of drug-likeness (QED) is 0.839. The zero-order valence-corrected chi connectivity index (χ0v) is 17.4. The molecule has 2 heterocycles. The summed E-state index contributed by atoms with van der Waals surface area (Å²) in [6.07, 6.45) is 3.11. The largest absolute Gasteiger partial charge is 0.396 e. The monoisotopic (exact) mass is 385 g/mol. The molecule has 0 radical (unpaired) electrons. The molecule has 3 aliphatic rings. The van der Waals surface area contributed by atoms with Gasteiger partial charge in [0, 0.05) is 45.2 Å². The fourth-order valence-corrected chi connectivity index (χ4v) is 5.06. The number of rotatable bonds is 5. The van der Waals surface area contributed by atoms with Crippen LogP contribution >= 0.6 is 0 Å². The lowest BCUT2D eigenvalue weighted by molar-refractivity contribution is -0.133. The fourth-order valence-electron chi connectivity index (χ4n) is 5.06. The number of nitrogens with zero attached hydrogens (tertiary/aromatic N) is 3. The molecule has 0 bridgehead atoms. The first-order valence-electron chi connectivity index (χ1n) is 10.9. The van der Waals surface area contributed by atoms with Crippen LogP contribution in [0.1, 0.15) is 30.4 Å². The number of hydrogen-bond donors (Lipinski definition) is 1. The number of benzene rings is 1. The van der Waals surface area contributed by atoms with Crippen LogP contribution < -0.4 is 0 Å². The van der Waals surface area contributed by atoms with Gasteiger partial charge in [-0.25, -0.2) is 0 Å². The third kappa shape index (κ3) is 3.98. The van der Waals surface area contributed by atoms with E-state index in [1.807, 2.05) is 0 Å². The summed E-state index contributed by atoms with van der Waals surface area (Å²) in [4.78, 5) is 20.4.